The van der Waals surface area contributed by atoms with E-state index in [2.05, 4.69) is 4.98 Å². The van der Waals surface area contributed by atoms with Gasteiger partial charge in [-0.15, -0.1) is 0 Å². The summed E-state index contributed by atoms with van der Waals surface area (Å²) in [4.78, 5) is 3.75. The van der Waals surface area contributed by atoms with Crippen molar-refractivity contribution in [3.05, 3.63) is 18.7 Å². The predicted molar refractivity (Wildman–Crippen MR) is 50.7 cm³/mol. The van der Waals surface area contributed by atoms with Gasteiger partial charge in [-0.25, -0.2) is 4.98 Å². The van der Waals surface area contributed by atoms with Crippen molar-refractivity contribution in [1.82, 2.24) is 9.55 Å². The SMILES string of the molecule is FC(F)(F)CC(I)Cn1ccnc1. The Morgan fingerprint density at radius 2 is 2.15 bits per heavy atom. The number of imidazole rings is 1. The summed E-state index contributed by atoms with van der Waals surface area (Å²) < 4.78 is 36.9. The van der Waals surface area contributed by atoms with Gasteiger partial charge in [0.25, 0.3) is 0 Å². The van der Waals surface area contributed by atoms with Gasteiger partial charge in [-0.1, -0.05) is 22.6 Å². The van der Waals surface area contributed by atoms with Crippen LogP contribution in [0.3, 0.4) is 0 Å². The minimum atomic E-state index is -4.08. The Balaban J connectivity index is 2.38. The normalized spacial score (nSPS) is 14.5. The van der Waals surface area contributed by atoms with Crippen molar-refractivity contribution >= 4 is 22.6 Å². The lowest BCUT2D eigenvalue weighted by Crippen LogP contribution is -2.18. The van der Waals surface area contributed by atoms with Crippen LogP contribution < -0.4 is 0 Å². The average molecular weight is 304 g/mol. The van der Waals surface area contributed by atoms with Crippen LogP contribution in [0.4, 0.5) is 13.2 Å². The van der Waals surface area contributed by atoms with Crippen LogP contribution in [0.1, 0.15) is 6.42 Å². The van der Waals surface area contributed by atoms with E-state index < -0.39 is 16.5 Å². The number of hydrogen-bond donors (Lipinski definition) is 0. The Bertz CT molecular complexity index is 245. The molecule has 0 saturated heterocycles. The van der Waals surface area contributed by atoms with E-state index in [1.165, 1.54) is 6.33 Å². The van der Waals surface area contributed by atoms with Gasteiger partial charge in [-0.3, -0.25) is 0 Å². The molecule has 0 aromatic carbocycles. The fourth-order valence-electron chi connectivity index (χ4n) is 0.939. The minimum Gasteiger partial charge on any atom is -0.336 e. The quantitative estimate of drug-likeness (QED) is 0.620. The van der Waals surface area contributed by atoms with E-state index in [9.17, 15) is 13.2 Å². The maximum absolute atomic E-state index is 11.9. The van der Waals surface area contributed by atoms with E-state index in [1.807, 2.05) is 0 Å². The Labute approximate surface area is 87.3 Å². The summed E-state index contributed by atoms with van der Waals surface area (Å²) in [5, 5.41) is 0. The topological polar surface area (TPSA) is 17.8 Å². The van der Waals surface area contributed by atoms with Gasteiger partial charge in [0.15, 0.2) is 0 Å². The summed E-state index contributed by atoms with van der Waals surface area (Å²) in [6, 6.07) is 0. The number of hydrogen-bond acceptors (Lipinski definition) is 1. The first-order chi connectivity index (χ1) is 5.97. The number of nitrogens with zero attached hydrogens (tertiary/aromatic N) is 2. The Hall–Kier alpha value is -0.270. The second-order valence-electron chi connectivity index (χ2n) is 2.68. The molecule has 0 fully saturated rings. The van der Waals surface area contributed by atoms with E-state index >= 15 is 0 Å². The number of rotatable bonds is 3. The largest absolute Gasteiger partial charge is 0.390 e. The highest BCUT2D eigenvalue weighted by atomic mass is 127. The highest BCUT2D eigenvalue weighted by Crippen LogP contribution is 2.25. The lowest BCUT2D eigenvalue weighted by atomic mass is 10.3. The van der Waals surface area contributed by atoms with Gasteiger partial charge < -0.3 is 4.57 Å². The molecule has 0 bridgehead atoms. The second kappa shape index (κ2) is 4.30. The maximum atomic E-state index is 11.9. The molecular formula is C7H8F3IN2. The maximum Gasteiger partial charge on any atom is 0.390 e. The Morgan fingerprint density at radius 3 is 2.62 bits per heavy atom. The van der Waals surface area contributed by atoms with Crippen molar-refractivity contribution in [2.75, 3.05) is 0 Å². The summed E-state index contributed by atoms with van der Waals surface area (Å²) in [5.41, 5.74) is 0. The van der Waals surface area contributed by atoms with Gasteiger partial charge in [0.05, 0.1) is 12.7 Å². The fourth-order valence-corrected chi connectivity index (χ4v) is 1.89. The summed E-state index contributed by atoms with van der Waals surface area (Å²) in [7, 11) is 0. The highest BCUT2D eigenvalue weighted by molar-refractivity contribution is 14.1. The van der Waals surface area contributed by atoms with Gasteiger partial charge >= 0.3 is 6.18 Å². The van der Waals surface area contributed by atoms with Crippen molar-refractivity contribution in [3.63, 3.8) is 0 Å². The van der Waals surface area contributed by atoms with Gasteiger partial charge in [0.2, 0.25) is 0 Å². The first kappa shape index (κ1) is 10.8. The molecule has 74 valence electrons. The molecule has 0 saturated carbocycles. The number of aromatic nitrogens is 2. The third-order valence-electron chi connectivity index (χ3n) is 1.42. The molecule has 1 atom stereocenters. The lowest BCUT2D eigenvalue weighted by Gasteiger charge is -2.12. The van der Waals surface area contributed by atoms with Gasteiger partial charge in [0, 0.05) is 22.9 Å². The molecule has 0 N–H and O–H groups in total. The monoisotopic (exact) mass is 304 g/mol. The number of alkyl halides is 4. The van der Waals surface area contributed by atoms with Gasteiger partial charge in [0.1, 0.15) is 0 Å². The predicted octanol–water partition coefficient (Wildman–Crippen LogP) is 2.64. The third-order valence-corrected chi connectivity index (χ3v) is 2.26. The zero-order chi connectivity index (χ0) is 9.90. The van der Waals surface area contributed by atoms with Crippen LogP contribution in [0, 0.1) is 0 Å². The van der Waals surface area contributed by atoms with Crippen LogP contribution in [-0.4, -0.2) is 19.7 Å². The molecule has 0 aliphatic carbocycles. The van der Waals surface area contributed by atoms with E-state index in [4.69, 9.17) is 0 Å². The summed E-state index contributed by atoms with van der Waals surface area (Å²) in [6.45, 7) is 0.347. The van der Waals surface area contributed by atoms with Crippen LogP contribution in [0.25, 0.3) is 0 Å². The Morgan fingerprint density at radius 1 is 1.46 bits per heavy atom. The van der Waals surface area contributed by atoms with E-state index in [-0.39, 0.29) is 0 Å². The first-order valence-electron chi connectivity index (χ1n) is 3.64. The third kappa shape index (κ3) is 4.49. The molecule has 1 rings (SSSR count). The highest BCUT2D eigenvalue weighted by Gasteiger charge is 2.30. The average Bonchev–Trinajstić information content (AvgIpc) is 2.34. The number of halogens is 4. The molecule has 0 aliphatic rings. The fraction of sp³-hybridized carbons (Fsp3) is 0.571. The van der Waals surface area contributed by atoms with Crippen LogP contribution in [0.15, 0.2) is 18.7 Å². The van der Waals surface area contributed by atoms with Crippen molar-refractivity contribution in [3.8, 4) is 0 Å². The van der Waals surface area contributed by atoms with Crippen LogP contribution >= 0.6 is 22.6 Å². The van der Waals surface area contributed by atoms with Gasteiger partial charge in [-0.2, -0.15) is 13.2 Å². The van der Waals surface area contributed by atoms with Crippen LogP contribution in [-0.2, 0) is 6.54 Å². The van der Waals surface area contributed by atoms with Crippen molar-refractivity contribution < 1.29 is 13.2 Å². The zero-order valence-electron chi connectivity index (χ0n) is 6.63. The van der Waals surface area contributed by atoms with Crippen LogP contribution in [0.2, 0.25) is 0 Å². The summed E-state index contributed by atoms with van der Waals surface area (Å²) >= 11 is 1.80. The molecule has 2 nitrogen and oxygen atoms in total. The molecule has 1 heterocycles. The lowest BCUT2D eigenvalue weighted by molar-refractivity contribution is -0.133. The molecule has 6 heteroatoms. The smallest absolute Gasteiger partial charge is 0.336 e. The molecule has 0 radical (unpaired) electrons. The molecule has 1 unspecified atom stereocenters. The second-order valence-corrected chi connectivity index (χ2v) is 4.44. The molecule has 0 spiro atoms. The van der Waals surface area contributed by atoms with E-state index in [0.717, 1.165) is 0 Å². The minimum absolute atomic E-state index is 0.347. The Kier molecular flexibility index (Phi) is 3.57. The first-order valence-corrected chi connectivity index (χ1v) is 4.88. The van der Waals surface area contributed by atoms with Crippen molar-refractivity contribution in [2.45, 2.75) is 23.1 Å². The molecule has 1 aromatic rings. The van der Waals surface area contributed by atoms with E-state index in [1.54, 1.807) is 39.6 Å². The van der Waals surface area contributed by atoms with E-state index in [0.29, 0.717) is 6.54 Å². The zero-order valence-corrected chi connectivity index (χ0v) is 8.79. The molecule has 1 aromatic heterocycles. The molecule has 0 amide bonds. The molecule has 0 aliphatic heterocycles. The van der Waals surface area contributed by atoms with Crippen LogP contribution in [0.5, 0.6) is 0 Å². The standard InChI is InChI=1S/C7H8F3IN2/c8-7(9,10)3-6(11)4-13-2-1-12-5-13/h1-2,5-6H,3-4H2. The molecule has 13 heavy (non-hydrogen) atoms. The summed E-state index contributed by atoms with van der Waals surface area (Å²) in [6.07, 6.45) is -0.112. The van der Waals surface area contributed by atoms with Crippen molar-refractivity contribution in [1.29, 1.82) is 0 Å². The summed E-state index contributed by atoms with van der Waals surface area (Å²) in [5.74, 6) is 0. The van der Waals surface area contributed by atoms with Crippen molar-refractivity contribution in [2.24, 2.45) is 0 Å². The van der Waals surface area contributed by atoms with Gasteiger partial charge in [-0.05, 0) is 0 Å². The molecular weight excluding hydrogens is 296 g/mol.